The molecule has 0 bridgehead atoms. The van der Waals surface area contributed by atoms with Crippen molar-refractivity contribution < 1.29 is 23.8 Å². The largest absolute Gasteiger partial charge is 0.504 e. The molecule has 2 amide bonds. The van der Waals surface area contributed by atoms with Gasteiger partial charge in [-0.25, -0.2) is 9.82 Å². The first-order valence-electron chi connectivity index (χ1n) is 7.33. The van der Waals surface area contributed by atoms with E-state index in [-0.39, 0.29) is 11.5 Å². The van der Waals surface area contributed by atoms with Crippen LogP contribution in [0, 0.1) is 9.39 Å². The monoisotopic (exact) mass is 471 g/mol. The van der Waals surface area contributed by atoms with Crippen LogP contribution in [0.5, 0.6) is 11.5 Å². The summed E-state index contributed by atoms with van der Waals surface area (Å²) in [6, 6.07) is 8.39. The van der Waals surface area contributed by atoms with Gasteiger partial charge < -0.3 is 15.2 Å². The number of halogens is 2. The fourth-order valence-corrected chi connectivity index (χ4v) is 2.55. The molecule has 0 aliphatic carbocycles. The van der Waals surface area contributed by atoms with Crippen LogP contribution in [0.1, 0.15) is 12.0 Å². The van der Waals surface area contributed by atoms with Crippen LogP contribution in [0.4, 0.5) is 10.1 Å². The Bertz CT molecular complexity index is 841. The fraction of sp³-hybridized carbons (Fsp3) is 0.118. The number of phenols is 1. The van der Waals surface area contributed by atoms with Crippen LogP contribution < -0.4 is 15.5 Å². The van der Waals surface area contributed by atoms with Crippen LogP contribution >= 0.6 is 22.6 Å². The van der Waals surface area contributed by atoms with Crippen molar-refractivity contribution in [1.82, 2.24) is 5.43 Å². The summed E-state index contributed by atoms with van der Waals surface area (Å²) in [6.45, 7) is 0. The number of anilines is 1. The summed E-state index contributed by atoms with van der Waals surface area (Å²) >= 11 is 1.94. The molecule has 0 aromatic heterocycles. The molecule has 26 heavy (non-hydrogen) atoms. The molecule has 2 aromatic rings. The third kappa shape index (κ3) is 5.69. The van der Waals surface area contributed by atoms with Gasteiger partial charge in [-0.05, 0) is 64.6 Å². The number of hydrogen-bond acceptors (Lipinski definition) is 5. The van der Waals surface area contributed by atoms with Gasteiger partial charge in [-0.3, -0.25) is 9.59 Å². The number of methoxy groups -OCH3 is 1. The molecular weight excluding hydrogens is 456 g/mol. The van der Waals surface area contributed by atoms with Crippen molar-refractivity contribution >= 4 is 46.3 Å². The molecule has 3 N–H and O–H groups in total. The number of nitrogens with one attached hydrogen (secondary N) is 2. The first-order chi connectivity index (χ1) is 12.4. The van der Waals surface area contributed by atoms with E-state index in [9.17, 15) is 19.1 Å². The van der Waals surface area contributed by atoms with Gasteiger partial charge in [-0.1, -0.05) is 0 Å². The lowest BCUT2D eigenvalue weighted by Crippen LogP contribution is -2.24. The number of hydrogen-bond donors (Lipinski definition) is 3. The predicted octanol–water partition coefficient (Wildman–Crippen LogP) is 2.62. The second-order valence-electron chi connectivity index (χ2n) is 5.08. The van der Waals surface area contributed by atoms with E-state index in [0.717, 1.165) is 0 Å². The van der Waals surface area contributed by atoms with Crippen LogP contribution in [0.15, 0.2) is 41.5 Å². The average molecular weight is 471 g/mol. The van der Waals surface area contributed by atoms with E-state index in [1.165, 1.54) is 37.6 Å². The van der Waals surface area contributed by atoms with E-state index in [0.29, 0.717) is 14.8 Å². The minimum Gasteiger partial charge on any atom is -0.504 e. The first kappa shape index (κ1) is 19.6. The Balaban J connectivity index is 1.88. The molecule has 0 atom stereocenters. The van der Waals surface area contributed by atoms with Gasteiger partial charge in [-0.15, -0.1) is 0 Å². The van der Waals surface area contributed by atoms with E-state index in [1.807, 2.05) is 22.6 Å². The van der Waals surface area contributed by atoms with Gasteiger partial charge in [0.25, 0.3) is 0 Å². The summed E-state index contributed by atoms with van der Waals surface area (Å²) in [6.07, 6.45) is 0.922. The highest BCUT2D eigenvalue weighted by Gasteiger charge is 2.10. The Hall–Kier alpha value is -2.69. The van der Waals surface area contributed by atoms with Gasteiger partial charge in [0.1, 0.15) is 12.2 Å². The minimum atomic E-state index is -0.610. The molecular formula is C17H15FIN3O4. The SMILES string of the molecule is COc1cc(/C=N/NC(=O)CC(=O)Nc2ccc(F)cc2)cc(I)c1O. The topological polar surface area (TPSA) is 100 Å². The van der Waals surface area contributed by atoms with E-state index in [2.05, 4.69) is 15.8 Å². The highest BCUT2D eigenvalue weighted by molar-refractivity contribution is 14.1. The predicted molar refractivity (Wildman–Crippen MR) is 103 cm³/mol. The summed E-state index contributed by atoms with van der Waals surface area (Å²) in [5.41, 5.74) is 3.22. The number of aromatic hydroxyl groups is 1. The summed E-state index contributed by atoms with van der Waals surface area (Å²) in [5.74, 6) is -1.28. The van der Waals surface area contributed by atoms with Crippen LogP contribution in [0.2, 0.25) is 0 Å². The molecule has 0 spiro atoms. The third-order valence-corrected chi connectivity index (χ3v) is 3.94. The Morgan fingerprint density at radius 2 is 1.96 bits per heavy atom. The van der Waals surface area contributed by atoms with Crippen molar-refractivity contribution in [2.45, 2.75) is 6.42 Å². The van der Waals surface area contributed by atoms with E-state index >= 15 is 0 Å². The molecule has 0 radical (unpaired) electrons. The van der Waals surface area contributed by atoms with E-state index in [4.69, 9.17) is 4.74 Å². The number of carbonyl (C=O) groups is 2. The summed E-state index contributed by atoms with van der Waals surface area (Å²) in [5, 5.41) is 16.0. The Labute approximate surface area is 162 Å². The molecule has 7 nitrogen and oxygen atoms in total. The smallest absolute Gasteiger partial charge is 0.249 e. The zero-order chi connectivity index (χ0) is 19.1. The van der Waals surface area contributed by atoms with Crippen LogP contribution in [0.25, 0.3) is 0 Å². The Morgan fingerprint density at radius 1 is 1.27 bits per heavy atom. The number of ether oxygens (including phenoxy) is 1. The maximum Gasteiger partial charge on any atom is 0.249 e. The second kappa shape index (κ2) is 9.13. The lowest BCUT2D eigenvalue weighted by Gasteiger charge is -2.06. The molecule has 2 rings (SSSR count). The van der Waals surface area contributed by atoms with Crippen molar-refractivity contribution in [3.63, 3.8) is 0 Å². The third-order valence-electron chi connectivity index (χ3n) is 3.12. The molecule has 0 saturated carbocycles. The Kier molecular flexibility index (Phi) is 6.89. The van der Waals surface area contributed by atoms with Gasteiger partial charge in [0, 0.05) is 5.69 Å². The number of phenolic OH excluding ortho intramolecular Hbond substituents is 1. The maximum atomic E-state index is 12.8. The molecule has 136 valence electrons. The molecule has 0 saturated heterocycles. The zero-order valence-corrected chi connectivity index (χ0v) is 15.8. The van der Waals surface area contributed by atoms with Gasteiger partial charge in [-0.2, -0.15) is 5.10 Å². The number of amides is 2. The van der Waals surface area contributed by atoms with Crippen LogP contribution in [0.3, 0.4) is 0 Å². The quantitative estimate of drug-likeness (QED) is 0.261. The standard InChI is InChI=1S/C17H15FIN3O4/c1-26-14-7-10(6-13(19)17(14)25)9-20-22-16(24)8-15(23)21-12-4-2-11(18)3-5-12/h2-7,9,25H,8H2,1H3,(H,21,23)(H,22,24)/b20-9+. The van der Waals surface area contributed by atoms with Crippen molar-refractivity contribution in [3.8, 4) is 11.5 Å². The zero-order valence-electron chi connectivity index (χ0n) is 13.6. The van der Waals surface area contributed by atoms with E-state index < -0.39 is 24.1 Å². The minimum absolute atomic E-state index is 0.0201. The van der Waals surface area contributed by atoms with E-state index in [1.54, 1.807) is 12.1 Å². The van der Waals surface area contributed by atoms with Crippen LogP contribution in [-0.4, -0.2) is 30.2 Å². The molecule has 0 unspecified atom stereocenters. The summed E-state index contributed by atoms with van der Waals surface area (Å²) in [7, 11) is 1.42. The summed E-state index contributed by atoms with van der Waals surface area (Å²) in [4.78, 5) is 23.5. The summed E-state index contributed by atoms with van der Waals surface area (Å²) < 4.78 is 18.4. The normalized spacial score (nSPS) is 10.6. The highest BCUT2D eigenvalue weighted by Crippen LogP contribution is 2.31. The molecule has 0 heterocycles. The highest BCUT2D eigenvalue weighted by atomic mass is 127. The molecule has 0 aliphatic heterocycles. The van der Waals surface area contributed by atoms with Gasteiger partial charge in [0.2, 0.25) is 11.8 Å². The average Bonchev–Trinajstić information content (AvgIpc) is 2.59. The first-order valence-corrected chi connectivity index (χ1v) is 8.40. The lowest BCUT2D eigenvalue weighted by atomic mass is 10.2. The lowest BCUT2D eigenvalue weighted by molar-refractivity contribution is -0.126. The maximum absolute atomic E-state index is 12.8. The van der Waals surface area contributed by atoms with Crippen molar-refractivity contribution in [1.29, 1.82) is 0 Å². The molecule has 9 heteroatoms. The number of hydrazone groups is 1. The van der Waals surface area contributed by atoms with Crippen LogP contribution in [-0.2, 0) is 9.59 Å². The molecule has 0 fully saturated rings. The number of carbonyl (C=O) groups excluding carboxylic acids is 2. The molecule has 2 aromatic carbocycles. The van der Waals surface area contributed by atoms with Crippen molar-refractivity contribution in [2.75, 3.05) is 12.4 Å². The number of benzene rings is 2. The number of rotatable bonds is 6. The van der Waals surface area contributed by atoms with Gasteiger partial charge >= 0.3 is 0 Å². The van der Waals surface area contributed by atoms with Crippen molar-refractivity contribution in [2.24, 2.45) is 5.10 Å². The Morgan fingerprint density at radius 3 is 2.62 bits per heavy atom. The molecule has 0 aliphatic rings. The number of nitrogens with zero attached hydrogens (tertiary/aromatic N) is 1. The van der Waals surface area contributed by atoms with Gasteiger partial charge in [0.05, 0.1) is 16.9 Å². The fourth-order valence-electron chi connectivity index (χ4n) is 1.93. The van der Waals surface area contributed by atoms with Gasteiger partial charge in [0.15, 0.2) is 11.5 Å². The van der Waals surface area contributed by atoms with Crippen molar-refractivity contribution in [3.05, 3.63) is 51.3 Å². The second-order valence-corrected chi connectivity index (χ2v) is 6.24.